The molecule has 0 aliphatic carbocycles. The van der Waals surface area contributed by atoms with Crippen molar-refractivity contribution in [1.29, 1.82) is 0 Å². The lowest BCUT2D eigenvalue weighted by Gasteiger charge is -2.13. The molecule has 174 valence electrons. The molecule has 0 saturated carbocycles. The highest BCUT2D eigenvalue weighted by molar-refractivity contribution is 14.0. The van der Waals surface area contributed by atoms with E-state index in [1.165, 1.54) is 14.2 Å². The molecule has 0 heterocycles. The van der Waals surface area contributed by atoms with Crippen LogP contribution in [0.2, 0.25) is 0 Å². The van der Waals surface area contributed by atoms with Gasteiger partial charge in [0.15, 0.2) is 5.96 Å². The van der Waals surface area contributed by atoms with Crippen molar-refractivity contribution in [2.75, 3.05) is 34.9 Å². The molecule has 1 amide bonds. The van der Waals surface area contributed by atoms with E-state index in [9.17, 15) is 9.59 Å². The maximum atomic E-state index is 12.0. The van der Waals surface area contributed by atoms with Crippen LogP contribution in [0.5, 0.6) is 5.75 Å². The number of nitrogens with one attached hydrogen (secondary N) is 2. The first-order valence-electron chi connectivity index (χ1n) is 9.97. The fourth-order valence-electron chi connectivity index (χ4n) is 2.84. The van der Waals surface area contributed by atoms with Gasteiger partial charge in [0.2, 0.25) is 0 Å². The lowest BCUT2D eigenvalue weighted by atomic mass is 10.1. The number of nitrogens with zero attached hydrogens (tertiary/aromatic N) is 2. The third-order valence-corrected chi connectivity index (χ3v) is 4.50. The van der Waals surface area contributed by atoms with Crippen LogP contribution in [0.4, 0.5) is 0 Å². The summed E-state index contributed by atoms with van der Waals surface area (Å²) in [5, 5.41) is 6.48. The van der Waals surface area contributed by atoms with Crippen LogP contribution in [-0.4, -0.2) is 57.6 Å². The number of aliphatic imine (C=N–C) groups is 1. The van der Waals surface area contributed by atoms with Crippen molar-refractivity contribution in [3.8, 4) is 5.75 Å². The molecule has 0 aromatic heterocycles. The second-order valence-corrected chi connectivity index (χ2v) is 6.97. The van der Waals surface area contributed by atoms with Crippen molar-refractivity contribution in [3.63, 3.8) is 0 Å². The summed E-state index contributed by atoms with van der Waals surface area (Å²) in [4.78, 5) is 30.1. The van der Waals surface area contributed by atoms with Crippen LogP contribution in [0.25, 0.3) is 0 Å². The van der Waals surface area contributed by atoms with E-state index in [1.807, 2.05) is 37.3 Å². The smallest absolute Gasteiger partial charge is 0.341 e. The van der Waals surface area contributed by atoms with E-state index in [0.29, 0.717) is 42.5 Å². The number of halogens is 1. The Morgan fingerprint density at radius 3 is 2.22 bits per heavy atom. The minimum Gasteiger partial charge on any atom is -0.496 e. The van der Waals surface area contributed by atoms with E-state index in [2.05, 4.69) is 15.6 Å². The van der Waals surface area contributed by atoms with Crippen molar-refractivity contribution in [1.82, 2.24) is 15.5 Å². The molecule has 0 atom stereocenters. The SMILES string of the molecule is CCNC(=NCc1ccc(OC)c(C(=O)OC)c1)NCc1ccc(C(=O)N(C)C)cc1.I. The third kappa shape index (κ3) is 7.70. The molecule has 9 heteroatoms. The number of carbonyl (C=O) groups is 2. The van der Waals surface area contributed by atoms with Gasteiger partial charge in [-0.25, -0.2) is 9.79 Å². The number of amides is 1. The molecule has 0 radical (unpaired) electrons. The number of benzene rings is 2. The number of hydrogen-bond acceptors (Lipinski definition) is 5. The predicted molar refractivity (Wildman–Crippen MR) is 136 cm³/mol. The lowest BCUT2D eigenvalue weighted by Crippen LogP contribution is -2.36. The van der Waals surface area contributed by atoms with E-state index in [-0.39, 0.29) is 29.9 Å². The van der Waals surface area contributed by atoms with Gasteiger partial charge < -0.3 is 25.0 Å². The van der Waals surface area contributed by atoms with Gasteiger partial charge in [0.1, 0.15) is 11.3 Å². The van der Waals surface area contributed by atoms with Crippen molar-refractivity contribution >= 4 is 41.8 Å². The molecule has 0 saturated heterocycles. The van der Waals surface area contributed by atoms with Gasteiger partial charge in [0, 0.05) is 32.7 Å². The molecular weight excluding hydrogens is 523 g/mol. The van der Waals surface area contributed by atoms with Crippen molar-refractivity contribution < 1.29 is 19.1 Å². The van der Waals surface area contributed by atoms with E-state index < -0.39 is 5.97 Å². The van der Waals surface area contributed by atoms with Crippen LogP contribution in [-0.2, 0) is 17.8 Å². The standard InChI is InChI=1S/C23H30N4O4.HI/c1-6-24-23(25-14-16-7-10-18(11-8-16)21(28)27(2)3)26-15-17-9-12-20(30-4)19(13-17)22(29)31-5;/h7-13H,6,14-15H2,1-5H3,(H2,24,25,26);1H. The lowest BCUT2D eigenvalue weighted by molar-refractivity contribution is 0.0596. The van der Waals surface area contributed by atoms with Gasteiger partial charge in [-0.1, -0.05) is 18.2 Å². The van der Waals surface area contributed by atoms with Gasteiger partial charge in [-0.05, 0) is 42.3 Å². The Bertz CT molecular complexity index is 930. The number of ether oxygens (including phenoxy) is 2. The molecule has 8 nitrogen and oxygen atoms in total. The molecule has 0 spiro atoms. The van der Waals surface area contributed by atoms with Gasteiger partial charge in [-0.2, -0.15) is 0 Å². The monoisotopic (exact) mass is 554 g/mol. The quantitative estimate of drug-likeness (QED) is 0.226. The molecule has 0 bridgehead atoms. The zero-order valence-electron chi connectivity index (χ0n) is 19.1. The number of carbonyl (C=O) groups excluding carboxylic acids is 2. The number of guanidine groups is 1. The molecule has 0 aliphatic heterocycles. The third-order valence-electron chi connectivity index (χ3n) is 4.50. The summed E-state index contributed by atoms with van der Waals surface area (Å²) in [7, 11) is 6.31. The minimum atomic E-state index is -0.455. The Morgan fingerprint density at radius 2 is 1.66 bits per heavy atom. The zero-order chi connectivity index (χ0) is 22.8. The fraction of sp³-hybridized carbons (Fsp3) is 0.348. The summed E-state index contributed by atoms with van der Waals surface area (Å²) in [5.41, 5.74) is 2.89. The minimum absolute atomic E-state index is 0. The molecule has 0 fully saturated rings. The van der Waals surface area contributed by atoms with Crippen LogP contribution >= 0.6 is 24.0 Å². The number of methoxy groups -OCH3 is 2. The summed E-state index contributed by atoms with van der Waals surface area (Å²) >= 11 is 0. The van der Waals surface area contributed by atoms with Gasteiger partial charge in [-0.3, -0.25) is 4.79 Å². The Hall–Kier alpha value is -2.82. The second kappa shape index (κ2) is 13.6. The van der Waals surface area contributed by atoms with Crippen LogP contribution in [0.3, 0.4) is 0 Å². The highest BCUT2D eigenvalue weighted by atomic mass is 127. The largest absolute Gasteiger partial charge is 0.496 e. The maximum absolute atomic E-state index is 12.0. The van der Waals surface area contributed by atoms with Gasteiger partial charge in [0.25, 0.3) is 5.91 Å². The molecule has 2 aromatic carbocycles. The Kier molecular flexibility index (Phi) is 11.5. The fourth-order valence-corrected chi connectivity index (χ4v) is 2.84. The second-order valence-electron chi connectivity index (χ2n) is 6.97. The average molecular weight is 554 g/mol. The summed E-state index contributed by atoms with van der Waals surface area (Å²) in [6, 6.07) is 12.8. The topological polar surface area (TPSA) is 92.3 Å². The normalized spacial score (nSPS) is 10.6. The first-order valence-corrected chi connectivity index (χ1v) is 9.97. The molecule has 0 aliphatic rings. The van der Waals surface area contributed by atoms with Crippen LogP contribution in [0.15, 0.2) is 47.5 Å². The van der Waals surface area contributed by atoms with Crippen LogP contribution in [0, 0.1) is 0 Å². The highest BCUT2D eigenvalue weighted by Gasteiger charge is 2.13. The summed E-state index contributed by atoms with van der Waals surface area (Å²) in [6.07, 6.45) is 0. The Labute approximate surface area is 206 Å². The first kappa shape index (κ1) is 27.2. The van der Waals surface area contributed by atoms with Crippen molar-refractivity contribution in [3.05, 3.63) is 64.7 Å². The van der Waals surface area contributed by atoms with Crippen LogP contribution in [0.1, 0.15) is 38.8 Å². The van der Waals surface area contributed by atoms with Crippen molar-refractivity contribution in [2.24, 2.45) is 4.99 Å². The highest BCUT2D eigenvalue weighted by Crippen LogP contribution is 2.21. The van der Waals surface area contributed by atoms with E-state index in [4.69, 9.17) is 9.47 Å². The summed E-state index contributed by atoms with van der Waals surface area (Å²) in [5.74, 6) is 0.622. The average Bonchev–Trinajstić information content (AvgIpc) is 2.79. The number of rotatable bonds is 8. The van der Waals surface area contributed by atoms with Gasteiger partial charge in [0.05, 0.1) is 20.8 Å². The summed E-state index contributed by atoms with van der Waals surface area (Å²) < 4.78 is 10.0. The van der Waals surface area contributed by atoms with Crippen molar-refractivity contribution in [2.45, 2.75) is 20.0 Å². The Balaban J connectivity index is 0.00000512. The number of esters is 1. The summed E-state index contributed by atoms with van der Waals surface area (Å²) in [6.45, 7) is 3.62. The maximum Gasteiger partial charge on any atom is 0.341 e. The molecule has 32 heavy (non-hydrogen) atoms. The molecule has 2 rings (SSSR count). The van der Waals surface area contributed by atoms with E-state index in [0.717, 1.165) is 11.1 Å². The molecule has 2 aromatic rings. The zero-order valence-corrected chi connectivity index (χ0v) is 21.4. The van der Waals surface area contributed by atoms with Gasteiger partial charge >= 0.3 is 5.97 Å². The van der Waals surface area contributed by atoms with E-state index in [1.54, 1.807) is 31.1 Å². The van der Waals surface area contributed by atoms with E-state index >= 15 is 0 Å². The van der Waals surface area contributed by atoms with Crippen LogP contribution < -0.4 is 15.4 Å². The molecule has 0 unspecified atom stereocenters. The molecule has 2 N–H and O–H groups in total. The molecular formula is C23H31IN4O4. The number of hydrogen-bond donors (Lipinski definition) is 2. The predicted octanol–water partition coefficient (Wildman–Crippen LogP) is 3.06. The van der Waals surface area contributed by atoms with Gasteiger partial charge in [-0.15, -0.1) is 24.0 Å². The Morgan fingerprint density at radius 1 is 1.00 bits per heavy atom. The first-order chi connectivity index (χ1) is 14.9.